The van der Waals surface area contributed by atoms with Gasteiger partial charge in [0.1, 0.15) is 21.2 Å². The summed E-state index contributed by atoms with van der Waals surface area (Å²) in [6, 6.07) is 12.3. The molecule has 53 heavy (non-hydrogen) atoms. The molecule has 3 radical (unpaired) electrons. The summed E-state index contributed by atoms with van der Waals surface area (Å²) in [7, 11) is -15.4. The molecule has 0 spiro atoms. The van der Waals surface area contributed by atoms with Gasteiger partial charge in [-0.1, -0.05) is 18.2 Å². The molecule has 0 bridgehead atoms. The quantitative estimate of drug-likeness (QED) is 0.0603. The predicted molar refractivity (Wildman–Crippen MR) is 192 cm³/mol. The van der Waals surface area contributed by atoms with E-state index in [0.29, 0.717) is 23.9 Å². The van der Waals surface area contributed by atoms with E-state index >= 15 is 0 Å². The van der Waals surface area contributed by atoms with Gasteiger partial charge in [0, 0.05) is 105 Å². The minimum absolute atomic E-state index is 0. The zero-order valence-electron chi connectivity index (χ0n) is 28.0. The van der Waals surface area contributed by atoms with E-state index in [1.807, 2.05) is 19.1 Å². The number of carbonyl (C=O) groups is 1. The molecule has 263 valence electrons. The van der Waals surface area contributed by atoms with Gasteiger partial charge in [0.25, 0.3) is 30.4 Å². The molecular weight excluding hydrogens is 795 g/mol. The number of azo groups is 1. The molecule has 0 unspecified atom stereocenters. The second-order valence-corrected chi connectivity index (χ2v) is 14.3. The Balaban J connectivity index is 0.00000324. The molecule has 0 aliphatic carbocycles. The third-order valence-corrected chi connectivity index (χ3v) is 9.20. The number of hydrogen-bond acceptors (Lipinski definition) is 14. The summed E-state index contributed by atoms with van der Waals surface area (Å²) in [5, 5.41) is 14.6. The molecule has 1 aromatic heterocycles. The van der Waals surface area contributed by atoms with Crippen LogP contribution in [0.1, 0.15) is 5.56 Å². The minimum atomic E-state index is -5.19. The number of nitrogens with zero attached hydrogens (tertiary/aromatic N) is 5. The van der Waals surface area contributed by atoms with Gasteiger partial charge < -0.3 is 21.7 Å². The largest absolute Gasteiger partial charge is 0.351 e. The first-order valence-electron chi connectivity index (χ1n) is 13.5. The molecule has 8 N–H and O–H groups in total. The van der Waals surface area contributed by atoms with E-state index in [4.69, 9.17) is 5.73 Å². The number of rotatable bonds is 10. The first-order chi connectivity index (χ1) is 23.3. The van der Waals surface area contributed by atoms with Crippen molar-refractivity contribution in [2.75, 3.05) is 16.0 Å². The monoisotopic (exact) mass is 816 g/mol. The van der Waals surface area contributed by atoms with Crippen molar-refractivity contribution < 1.29 is 48.1 Å². The van der Waals surface area contributed by atoms with Crippen LogP contribution in [0.25, 0.3) is 10.8 Å². The van der Waals surface area contributed by atoms with E-state index in [2.05, 4.69) is 41.1 Å². The van der Waals surface area contributed by atoms with Crippen molar-refractivity contribution >= 4 is 176 Å². The van der Waals surface area contributed by atoms with E-state index in [0.717, 1.165) is 11.6 Å². The third kappa shape index (κ3) is 11.9. The molecule has 1 heterocycles. The van der Waals surface area contributed by atoms with Crippen LogP contribution in [-0.2, 0) is 30.4 Å². The summed E-state index contributed by atoms with van der Waals surface area (Å²) < 4.78 is 116. The Labute approximate surface area is 367 Å². The normalized spacial score (nSPS) is 11.6. The van der Waals surface area contributed by atoms with Crippen LogP contribution in [0.15, 0.2) is 91.6 Å². The molecule has 2 amide bonds. The van der Waals surface area contributed by atoms with Crippen molar-refractivity contribution in [3.05, 3.63) is 78.4 Å². The van der Waals surface area contributed by atoms with Crippen LogP contribution in [0, 0.1) is 13.0 Å². The van der Waals surface area contributed by atoms with Crippen LogP contribution in [-0.4, -0.2) is 149 Å². The second kappa shape index (κ2) is 18.3. The fourth-order valence-electron chi connectivity index (χ4n) is 4.43. The Morgan fingerprint density at radius 3 is 1.91 bits per heavy atom. The van der Waals surface area contributed by atoms with Crippen LogP contribution in [0.3, 0.4) is 0 Å². The van der Waals surface area contributed by atoms with E-state index < -0.39 is 73.6 Å². The van der Waals surface area contributed by atoms with Crippen molar-refractivity contribution in [3.8, 4) is 0 Å². The first-order valence-corrected chi connectivity index (χ1v) is 17.8. The van der Waals surface area contributed by atoms with Gasteiger partial charge in [0.05, 0.1) is 10.6 Å². The molecule has 19 nitrogen and oxygen atoms in total. The van der Waals surface area contributed by atoms with Crippen LogP contribution in [0.2, 0.25) is 0 Å². The minimum Gasteiger partial charge on any atom is -0.351 e. The topological polar surface area (TPSA) is 306 Å². The van der Waals surface area contributed by atoms with Gasteiger partial charge in [-0.15, -0.1) is 10.2 Å². The number of aromatic nitrogens is 3. The maximum absolute atomic E-state index is 14.3. The summed E-state index contributed by atoms with van der Waals surface area (Å²) in [6.45, 7) is 1.81. The number of nitrogens with two attached hydrogens (primary N) is 1. The fraction of sp³-hybridized carbons (Fsp3) is 0.0370. The van der Waals surface area contributed by atoms with Gasteiger partial charge in [-0.2, -0.15) is 44.6 Å². The number of para-hydroxylation sites is 1. The van der Waals surface area contributed by atoms with E-state index in [9.17, 15) is 48.1 Å². The van der Waals surface area contributed by atoms with Crippen LogP contribution >= 0.6 is 0 Å². The Bertz CT molecular complexity index is 2590. The number of primary amides is 1. The van der Waals surface area contributed by atoms with Crippen molar-refractivity contribution in [2.45, 2.75) is 21.6 Å². The first kappa shape index (κ1) is 46.4. The van der Waals surface area contributed by atoms with Gasteiger partial charge in [0.15, 0.2) is 0 Å². The summed E-state index contributed by atoms with van der Waals surface area (Å²) in [4.78, 5) is 20.1. The molecule has 26 heteroatoms. The number of halogens is 1. The number of carbonyl (C=O) groups excluding carboxylic acids is 1. The SMILES string of the molecule is Cc1ccccc1Nc1nc(F)nc(Nc2ccc(N=Nc3cc4c(S(=O)(=O)O)cc(S(=O)(=O)O)cc4cc3S(=O)(=O)O)c(NC(N)=O)c2)n1.[Na].[Na].[Na]. The number of fused-ring (bicyclic) bond motifs is 1. The molecule has 5 aromatic rings. The third-order valence-electron chi connectivity index (χ3n) is 6.60. The molecule has 0 aliphatic rings. The molecule has 0 saturated carbocycles. The predicted octanol–water partition coefficient (Wildman–Crippen LogP) is 3.46. The zero-order valence-corrected chi connectivity index (χ0v) is 36.4. The maximum atomic E-state index is 14.3. The van der Waals surface area contributed by atoms with Gasteiger partial charge in [0.2, 0.25) is 11.9 Å². The summed E-state index contributed by atoms with van der Waals surface area (Å²) in [6.07, 6.45) is -1.13. The van der Waals surface area contributed by atoms with Crippen LogP contribution in [0.4, 0.5) is 49.5 Å². The number of benzene rings is 4. The number of aryl methyl sites for hydroxylation is 1. The van der Waals surface area contributed by atoms with E-state index in [1.54, 1.807) is 12.1 Å². The number of hydrogen-bond donors (Lipinski definition) is 7. The Kier molecular flexibility index (Phi) is 16.0. The maximum Gasteiger partial charge on any atom is 0.316 e. The Hall–Kier alpha value is -2.72. The van der Waals surface area contributed by atoms with Crippen molar-refractivity contribution in [2.24, 2.45) is 16.0 Å². The van der Waals surface area contributed by atoms with Gasteiger partial charge >= 0.3 is 12.1 Å². The van der Waals surface area contributed by atoms with Crippen molar-refractivity contribution in [1.29, 1.82) is 0 Å². The smallest absolute Gasteiger partial charge is 0.316 e. The van der Waals surface area contributed by atoms with Crippen LogP contribution in [0.5, 0.6) is 0 Å². The van der Waals surface area contributed by atoms with E-state index in [1.165, 1.54) is 18.2 Å². The molecule has 4 aromatic carbocycles. The van der Waals surface area contributed by atoms with Crippen LogP contribution < -0.4 is 21.7 Å². The summed E-state index contributed by atoms with van der Waals surface area (Å²) >= 11 is 0. The number of nitrogens with one attached hydrogen (secondary N) is 3. The number of urea groups is 1. The van der Waals surface area contributed by atoms with E-state index in [-0.39, 0.29) is 118 Å². The van der Waals surface area contributed by atoms with Crippen molar-refractivity contribution in [3.63, 3.8) is 0 Å². The molecule has 5 rings (SSSR count). The molecule has 0 aliphatic heterocycles. The average molecular weight is 817 g/mol. The standard InChI is InChI=1S/C27H22FN9O10S3.3Na/c1-13-4-2-3-5-18(13)32-27-34-24(28)33-26(35-27)30-15-6-7-19(20(10-15)31-25(29)38)36-37-21-12-17-14(9-23(21)50(45,46)47)8-16(48(39,40)41)11-22(17)49(42,43)44;;;/h2-12H,1H3,(H3,29,31,38)(H,39,40,41)(H,42,43,44)(H,45,46,47)(H2,30,32,33,34,35);;;. The number of anilines is 5. The Morgan fingerprint density at radius 1 is 0.717 bits per heavy atom. The summed E-state index contributed by atoms with van der Waals surface area (Å²) in [5.41, 5.74) is 5.83. The fourth-order valence-corrected chi connectivity index (χ4v) is 6.42. The molecular formula is C27H22FN9Na3O10S3. The van der Waals surface area contributed by atoms with Crippen molar-refractivity contribution in [1.82, 2.24) is 15.0 Å². The zero-order chi connectivity index (χ0) is 36.6. The summed E-state index contributed by atoms with van der Waals surface area (Å²) in [5.74, 6) is -0.389. The second-order valence-electron chi connectivity index (χ2n) is 10.1. The number of amides is 2. The Morgan fingerprint density at radius 2 is 1.32 bits per heavy atom. The molecule has 0 atom stereocenters. The van der Waals surface area contributed by atoms with Gasteiger partial charge in [-0.05, 0) is 66.4 Å². The van der Waals surface area contributed by atoms with Gasteiger partial charge in [-0.3, -0.25) is 13.7 Å². The average Bonchev–Trinajstić information content (AvgIpc) is 2.99. The van der Waals surface area contributed by atoms with Gasteiger partial charge in [-0.25, -0.2) is 4.79 Å². The molecule has 0 fully saturated rings. The molecule has 0 saturated heterocycles.